The molecule has 0 aromatic heterocycles. The predicted octanol–water partition coefficient (Wildman–Crippen LogP) is 5.47. The molecule has 172 valence electrons. The first-order valence-corrected chi connectivity index (χ1v) is 11.7. The van der Waals surface area contributed by atoms with E-state index in [1.54, 1.807) is 12.5 Å². The van der Waals surface area contributed by atoms with Crippen LogP contribution in [0.15, 0.2) is 64.6 Å². The molecule has 2 aliphatic heterocycles. The van der Waals surface area contributed by atoms with Crippen molar-refractivity contribution in [1.29, 1.82) is 0 Å². The first-order valence-electron chi connectivity index (χ1n) is 10.9. The van der Waals surface area contributed by atoms with Crippen LogP contribution in [0.25, 0.3) is 0 Å². The Morgan fingerprint density at radius 3 is 2.44 bits per heavy atom. The van der Waals surface area contributed by atoms with Gasteiger partial charge in [0.05, 0.1) is 6.61 Å². The molecule has 1 aromatic carbocycles. The Kier molecular flexibility index (Phi) is 7.86. The second-order valence-electron chi connectivity index (χ2n) is 7.92. The average Bonchev–Trinajstić information content (AvgIpc) is 2.81. The lowest BCUT2D eigenvalue weighted by Crippen LogP contribution is -2.46. The Balaban J connectivity index is 1.13. The highest BCUT2D eigenvalue weighted by Gasteiger charge is 2.22. The predicted molar refractivity (Wildman–Crippen MR) is 122 cm³/mol. The Morgan fingerprint density at radius 1 is 1.00 bits per heavy atom. The van der Waals surface area contributed by atoms with Gasteiger partial charge in [0.1, 0.15) is 6.26 Å². The van der Waals surface area contributed by atoms with Crippen LogP contribution in [0.4, 0.5) is 8.78 Å². The molecule has 1 aromatic rings. The summed E-state index contributed by atoms with van der Waals surface area (Å²) in [6.07, 6.45) is 13.3. The fourth-order valence-corrected chi connectivity index (χ4v) is 4.26. The number of halogens is 3. The highest BCUT2D eigenvalue weighted by Crippen LogP contribution is 2.27. The highest BCUT2D eigenvalue weighted by molar-refractivity contribution is 9.10. The van der Waals surface area contributed by atoms with Gasteiger partial charge in [-0.1, -0.05) is 34.2 Å². The van der Waals surface area contributed by atoms with Gasteiger partial charge >= 0.3 is 0 Å². The Bertz CT molecular complexity index is 914. The second-order valence-corrected chi connectivity index (χ2v) is 8.83. The third-order valence-corrected chi connectivity index (χ3v) is 6.12. The summed E-state index contributed by atoms with van der Waals surface area (Å²) in [5.74, 6) is -0.164. The van der Waals surface area contributed by atoms with Crippen molar-refractivity contribution in [2.45, 2.75) is 25.7 Å². The fourth-order valence-electron chi connectivity index (χ4n) is 3.86. The normalized spacial score (nSPS) is 19.0. The minimum absolute atomic E-state index is 0.286. The zero-order valence-electron chi connectivity index (χ0n) is 17.9. The van der Waals surface area contributed by atoms with Crippen LogP contribution in [0.5, 0.6) is 5.75 Å². The van der Waals surface area contributed by atoms with E-state index in [4.69, 9.17) is 14.2 Å². The molecular formula is C24H27BrF2N2O3. The van der Waals surface area contributed by atoms with Crippen LogP contribution < -0.4 is 4.74 Å². The van der Waals surface area contributed by atoms with Crippen LogP contribution in [0.3, 0.4) is 0 Å². The van der Waals surface area contributed by atoms with E-state index < -0.39 is 11.6 Å². The summed E-state index contributed by atoms with van der Waals surface area (Å²) in [6.45, 7) is 4.76. The van der Waals surface area contributed by atoms with E-state index in [0.29, 0.717) is 4.47 Å². The highest BCUT2D eigenvalue weighted by atomic mass is 79.9. The molecule has 5 nitrogen and oxygen atoms in total. The molecule has 0 atom stereocenters. The number of hydrogen-bond donors (Lipinski definition) is 0. The SMILES string of the molecule is Fc1cc(Br)cc(F)c1OCCCCN1CCN(C2=COC(C3=CC=CCC3)=CO2)CC1. The molecule has 0 unspecified atom stereocenters. The van der Waals surface area contributed by atoms with E-state index >= 15 is 0 Å². The monoisotopic (exact) mass is 508 g/mol. The molecule has 4 rings (SSSR count). The fraction of sp³-hybridized carbons (Fsp3) is 0.417. The van der Waals surface area contributed by atoms with Crippen LogP contribution in [-0.4, -0.2) is 49.1 Å². The van der Waals surface area contributed by atoms with Gasteiger partial charge in [0.2, 0.25) is 5.88 Å². The summed E-state index contributed by atoms with van der Waals surface area (Å²) in [5, 5.41) is 0. The third-order valence-electron chi connectivity index (χ3n) is 5.67. The van der Waals surface area contributed by atoms with Gasteiger partial charge in [-0.25, -0.2) is 8.78 Å². The molecule has 0 saturated carbocycles. The third kappa shape index (κ3) is 5.92. The molecule has 1 aliphatic carbocycles. The van der Waals surface area contributed by atoms with Gasteiger partial charge in [-0.05, 0) is 49.9 Å². The molecule has 0 bridgehead atoms. The van der Waals surface area contributed by atoms with E-state index in [0.717, 1.165) is 75.6 Å². The first-order chi connectivity index (χ1) is 15.6. The Labute approximate surface area is 195 Å². The lowest BCUT2D eigenvalue weighted by atomic mass is 10.0. The number of allylic oxidation sites excluding steroid dienone is 4. The standard InChI is InChI=1S/C24H27BrF2N2O3/c25-19-14-20(26)24(21(27)15-19)30-13-5-4-8-28-9-11-29(12-10-28)23-17-31-22(16-32-23)18-6-2-1-3-7-18/h1-2,6,14-17H,3-5,7-13H2. The van der Waals surface area contributed by atoms with Gasteiger partial charge < -0.3 is 19.1 Å². The molecule has 0 amide bonds. The van der Waals surface area contributed by atoms with Crippen molar-refractivity contribution in [3.8, 4) is 5.75 Å². The number of benzene rings is 1. The molecule has 0 spiro atoms. The maximum atomic E-state index is 13.8. The van der Waals surface area contributed by atoms with E-state index in [2.05, 4.69) is 37.9 Å². The molecule has 1 fully saturated rings. The van der Waals surface area contributed by atoms with Crippen LogP contribution in [0, 0.1) is 11.6 Å². The van der Waals surface area contributed by atoms with Gasteiger partial charge in [0.25, 0.3) is 0 Å². The number of unbranched alkanes of at least 4 members (excludes halogenated alkanes) is 1. The molecule has 0 N–H and O–H groups in total. The number of nitrogens with zero attached hydrogens (tertiary/aromatic N) is 2. The minimum Gasteiger partial charge on any atom is -0.488 e. The Morgan fingerprint density at radius 2 is 1.78 bits per heavy atom. The maximum absolute atomic E-state index is 13.8. The molecule has 8 heteroatoms. The molecule has 2 heterocycles. The summed E-state index contributed by atoms with van der Waals surface area (Å²) in [4.78, 5) is 4.56. The number of piperazine rings is 1. The smallest absolute Gasteiger partial charge is 0.231 e. The summed E-state index contributed by atoms with van der Waals surface area (Å²) in [7, 11) is 0. The zero-order valence-corrected chi connectivity index (χ0v) is 19.5. The van der Waals surface area contributed by atoms with E-state index in [-0.39, 0.29) is 12.4 Å². The van der Waals surface area contributed by atoms with Gasteiger partial charge in [0, 0.05) is 30.7 Å². The topological polar surface area (TPSA) is 34.2 Å². The van der Waals surface area contributed by atoms with Crippen LogP contribution in [0.1, 0.15) is 25.7 Å². The van der Waals surface area contributed by atoms with Crippen molar-refractivity contribution in [3.63, 3.8) is 0 Å². The van der Waals surface area contributed by atoms with Gasteiger partial charge in [0.15, 0.2) is 29.4 Å². The van der Waals surface area contributed by atoms with Crippen LogP contribution in [-0.2, 0) is 9.47 Å². The van der Waals surface area contributed by atoms with E-state index in [9.17, 15) is 8.78 Å². The summed E-state index contributed by atoms with van der Waals surface area (Å²) in [5.41, 5.74) is 1.15. The Hall–Kier alpha value is -2.32. The molecule has 3 aliphatic rings. The van der Waals surface area contributed by atoms with Crippen LogP contribution in [0.2, 0.25) is 0 Å². The summed E-state index contributed by atoms with van der Waals surface area (Å²) in [6, 6.07) is 2.41. The second kappa shape index (κ2) is 11.0. The van der Waals surface area contributed by atoms with Gasteiger partial charge in [-0.15, -0.1) is 0 Å². The molecular weight excluding hydrogens is 482 g/mol. The maximum Gasteiger partial charge on any atom is 0.231 e. The molecule has 32 heavy (non-hydrogen) atoms. The van der Waals surface area contributed by atoms with Gasteiger partial charge in [-0.2, -0.15) is 0 Å². The lowest BCUT2D eigenvalue weighted by molar-refractivity contribution is 0.0834. The molecule has 1 saturated heterocycles. The zero-order chi connectivity index (χ0) is 22.3. The van der Waals surface area contributed by atoms with Crippen molar-refractivity contribution in [2.75, 3.05) is 39.3 Å². The first kappa shape index (κ1) is 22.9. The quantitative estimate of drug-likeness (QED) is 0.435. The van der Waals surface area contributed by atoms with Crippen molar-refractivity contribution in [3.05, 3.63) is 76.2 Å². The number of ether oxygens (including phenoxy) is 3. The van der Waals surface area contributed by atoms with E-state index in [1.807, 2.05) is 6.08 Å². The van der Waals surface area contributed by atoms with Gasteiger partial charge in [-0.3, -0.25) is 4.90 Å². The van der Waals surface area contributed by atoms with Crippen LogP contribution >= 0.6 is 15.9 Å². The summed E-state index contributed by atoms with van der Waals surface area (Å²) < 4.78 is 44.9. The summed E-state index contributed by atoms with van der Waals surface area (Å²) >= 11 is 3.06. The largest absolute Gasteiger partial charge is 0.488 e. The van der Waals surface area contributed by atoms with Crippen molar-refractivity contribution in [2.24, 2.45) is 0 Å². The average molecular weight is 509 g/mol. The number of hydrogen-bond acceptors (Lipinski definition) is 5. The van der Waals surface area contributed by atoms with Crippen molar-refractivity contribution >= 4 is 15.9 Å². The number of rotatable bonds is 8. The van der Waals surface area contributed by atoms with Crippen molar-refractivity contribution in [1.82, 2.24) is 9.80 Å². The van der Waals surface area contributed by atoms with Crippen molar-refractivity contribution < 1.29 is 23.0 Å². The molecule has 0 radical (unpaired) electrons. The van der Waals surface area contributed by atoms with E-state index in [1.165, 1.54) is 12.1 Å². The minimum atomic E-state index is -0.689. The lowest BCUT2D eigenvalue weighted by Gasteiger charge is -2.36.